The second-order valence-corrected chi connectivity index (χ2v) is 6.66. The summed E-state index contributed by atoms with van der Waals surface area (Å²) in [6.45, 7) is 1.59. The molecule has 2 rings (SSSR count). The van der Waals surface area contributed by atoms with Crippen LogP contribution in [0.1, 0.15) is 19.8 Å². The fourth-order valence-corrected chi connectivity index (χ4v) is 3.82. The molecule has 20 heavy (non-hydrogen) atoms. The number of sulfonamides is 1. The Morgan fingerprint density at radius 2 is 2.25 bits per heavy atom. The molecule has 0 saturated heterocycles. The van der Waals surface area contributed by atoms with E-state index in [0.29, 0.717) is 0 Å². The number of halogens is 1. The van der Waals surface area contributed by atoms with Crippen molar-refractivity contribution < 1.29 is 17.9 Å². The molecule has 1 aromatic heterocycles. The summed E-state index contributed by atoms with van der Waals surface area (Å²) in [5, 5.41) is 0.0921. The molecule has 1 aromatic rings. The highest BCUT2D eigenvalue weighted by atomic mass is 35.5. The van der Waals surface area contributed by atoms with Crippen molar-refractivity contribution in [1.82, 2.24) is 9.29 Å². The molecule has 0 amide bonds. The number of hydrogen-bond donors (Lipinski definition) is 0. The summed E-state index contributed by atoms with van der Waals surface area (Å²) < 4.78 is 31.1. The Hall–Kier alpha value is -1.18. The van der Waals surface area contributed by atoms with E-state index in [1.165, 1.54) is 18.5 Å². The van der Waals surface area contributed by atoms with Crippen LogP contribution in [-0.2, 0) is 19.6 Å². The molecule has 110 valence electrons. The quantitative estimate of drug-likeness (QED) is 0.742. The number of esters is 1. The van der Waals surface area contributed by atoms with Crippen LogP contribution >= 0.6 is 11.6 Å². The van der Waals surface area contributed by atoms with Gasteiger partial charge in [0.2, 0.25) is 10.0 Å². The third kappa shape index (κ3) is 3.28. The minimum Gasteiger partial charge on any atom is -0.465 e. The molecule has 0 spiro atoms. The Bertz CT molecular complexity index is 601. The highest BCUT2D eigenvalue weighted by Gasteiger charge is 2.40. The van der Waals surface area contributed by atoms with Gasteiger partial charge in [0.25, 0.3) is 0 Å². The van der Waals surface area contributed by atoms with E-state index in [1.807, 2.05) is 0 Å². The second-order valence-electron chi connectivity index (χ2n) is 4.39. The summed E-state index contributed by atoms with van der Waals surface area (Å²) in [6.07, 6.45) is 4.07. The number of pyridine rings is 1. The molecule has 0 N–H and O–H groups in total. The summed E-state index contributed by atoms with van der Waals surface area (Å²) in [5.74, 6) is -0.567. The molecule has 1 fully saturated rings. The highest BCUT2D eigenvalue weighted by Crippen LogP contribution is 2.33. The Morgan fingerprint density at radius 1 is 1.55 bits per heavy atom. The average Bonchev–Trinajstić information content (AvgIpc) is 3.20. The van der Waals surface area contributed by atoms with Crippen molar-refractivity contribution in [3.8, 4) is 0 Å². The number of ether oxygens (including phenoxy) is 1. The maximum atomic E-state index is 12.6. The van der Waals surface area contributed by atoms with Crippen molar-refractivity contribution in [2.45, 2.75) is 30.7 Å². The summed E-state index contributed by atoms with van der Waals surface area (Å²) in [5.41, 5.74) is 0. The van der Waals surface area contributed by atoms with E-state index < -0.39 is 16.0 Å². The molecule has 8 heteroatoms. The first-order valence-electron chi connectivity index (χ1n) is 6.23. The topological polar surface area (TPSA) is 76.6 Å². The zero-order valence-electron chi connectivity index (χ0n) is 11.0. The van der Waals surface area contributed by atoms with Gasteiger partial charge in [0.1, 0.15) is 11.4 Å². The minimum absolute atomic E-state index is 0.0853. The van der Waals surface area contributed by atoms with E-state index >= 15 is 0 Å². The Balaban J connectivity index is 2.29. The minimum atomic E-state index is -3.84. The number of aromatic nitrogens is 1. The van der Waals surface area contributed by atoms with Gasteiger partial charge in [-0.15, -0.1) is 0 Å². The van der Waals surface area contributed by atoms with Gasteiger partial charge in [0.15, 0.2) is 0 Å². The first-order chi connectivity index (χ1) is 9.46. The van der Waals surface area contributed by atoms with Gasteiger partial charge in [-0.05, 0) is 25.8 Å². The van der Waals surface area contributed by atoms with E-state index in [0.717, 1.165) is 17.1 Å². The van der Waals surface area contributed by atoms with E-state index in [2.05, 4.69) is 4.98 Å². The molecule has 0 aliphatic heterocycles. The summed E-state index contributed by atoms with van der Waals surface area (Å²) in [7, 11) is -3.84. The van der Waals surface area contributed by atoms with Crippen molar-refractivity contribution in [1.29, 1.82) is 0 Å². The maximum Gasteiger partial charge on any atom is 0.321 e. The van der Waals surface area contributed by atoms with Crippen LogP contribution in [-0.4, -0.2) is 42.9 Å². The molecular weight excluding hydrogens is 304 g/mol. The van der Waals surface area contributed by atoms with Gasteiger partial charge in [-0.3, -0.25) is 9.78 Å². The van der Waals surface area contributed by atoms with Gasteiger partial charge >= 0.3 is 5.97 Å². The van der Waals surface area contributed by atoms with Gasteiger partial charge in [-0.1, -0.05) is 11.6 Å². The Kier molecular flexibility index (Phi) is 4.62. The molecule has 1 aliphatic rings. The molecule has 0 unspecified atom stereocenters. The SMILES string of the molecule is CCOC(=O)CN(C1CC1)S(=O)(=O)c1cnccc1Cl. The van der Waals surface area contributed by atoms with Crippen LogP contribution in [0.3, 0.4) is 0 Å². The van der Waals surface area contributed by atoms with E-state index in [1.54, 1.807) is 6.92 Å². The summed E-state index contributed by atoms with van der Waals surface area (Å²) in [4.78, 5) is 15.3. The summed E-state index contributed by atoms with van der Waals surface area (Å²) in [6, 6.07) is 1.24. The first kappa shape index (κ1) is 15.2. The average molecular weight is 319 g/mol. The van der Waals surface area contributed by atoms with Crippen LogP contribution in [0.15, 0.2) is 23.4 Å². The zero-order chi connectivity index (χ0) is 14.8. The molecule has 0 radical (unpaired) electrons. The Labute approximate surface area is 122 Å². The fraction of sp³-hybridized carbons (Fsp3) is 0.500. The van der Waals surface area contributed by atoms with Crippen LogP contribution in [0, 0.1) is 0 Å². The number of carbonyl (C=O) groups excluding carboxylic acids is 1. The molecular formula is C12H15ClN2O4S. The van der Waals surface area contributed by atoms with Gasteiger partial charge in [-0.25, -0.2) is 8.42 Å². The van der Waals surface area contributed by atoms with E-state index in [-0.39, 0.29) is 29.1 Å². The smallest absolute Gasteiger partial charge is 0.321 e. The number of nitrogens with zero attached hydrogens (tertiary/aromatic N) is 2. The molecule has 6 nitrogen and oxygen atoms in total. The van der Waals surface area contributed by atoms with Crippen molar-refractivity contribution in [2.75, 3.05) is 13.2 Å². The predicted molar refractivity (Wildman–Crippen MR) is 72.8 cm³/mol. The molecule has 1 aliphatic carbocycles. The maximum absolute atomic E-state index is 12.6. The van der Waals surface area contributed by atoms with Crippen LogP contribution in [0.4, 0.5) is 0 Å². The number of rotatable bonds is 6. The predicted octanol–water partition coefficient (Wildman–Crippen LogP) is 1.45. The lowest BCUT2D eigenvalue weighted by Gasteiger charge is -2.21. The molecule has 1 saturated carbocycles. The van der Waals surface area contributed by atoms with Gasteiger partial charge in [0, 0.05) is 18.4 Å². The summed E-state index contributed by atoms with van der Waals surface area (Å²) >= 11 is 5.91. The fourth-order valence-electron chi connectivity index (χ4n) is 1.79. The van der Waals surface area contributed by atoms with Crippen LogP contribution < -0.4 is 0 Å². The lowest BCUT2D eigenvalue weighted by atomic mass is 10.5. The van der Waals surface area contributed by atoms with E-state index in [4.69, 9.17) is 16.3 Å². The van der Waals surface area contributed by atoms with Crippen LogP contribution in [0.5, 0.6) is 0 Å². The van der Waals surface area contributed by atoms with E-state index in [9.17, 15) is 13.2 Å². The lowest BCUT2D eigenvalue weighted by Crippen LogP contribution is -2.38. The molecule has 1 heterocycles. The van der Waals surface area contributed by atoms with Crippen molar-refractivity contribution in [2.24, 2.45) is 0 Å². The normalized spacial score (nSPS) is 15.3. The molecule has 0 bridgehead atoms. The number of carbonyl (C=O) groups is 1. The van der Waals surface area contributed by atoms with Crippen LogP contribution in [0.25, 0.3) is 0 Å². The van der Waals surface area contributed by atoms with Gasteiger partial charge in [0.05, 0.1) is 11.6 Å². The molecule has 0 atom stereocenters. The van der Waals surface area contributed by atoms with Gasteiger partial charge in [-0.2, -0.15) is 4.31 Å². The highest BCUT2D eigenvalue weighted by molar-refractivity contribution is 7.89. The van der Waals surface area contributed by atoms with Crippen molar-refractivity contribution in [3.05, 3.63) is 23.5 Å². The third-order valence-electron chi connectivity index (χ3n) is 2.87. The van der Waals surface area contributed by atoms with Gasteiger partial charge < -0.3 is 4.74 Å². The second kappa shape index (κ2) is 6.07. The standard InChI is InChI=1S/C12H15ClN2O4S/c1-2-19-12(16)8-15(9-3-4-9)20(17,18)11-7-14-6-5-10(11)13/h5-7,9H,2-4,8H2,1H3. The van der Waals surface area contributed by atoms with Crippen molar-refractivity contribution >= 4 is 27.6 Å². The third-order valence-corrected chi connectivity index (χ3v) is 5.23. The van der Waals surface area contributed by atoms with Crippen LogP contribution in [0.2, 0.25) is 5.02 Å². The first-order valence-corrected chi connectivity index (χ1v) is 8.05. The number of hydrogen-bond acceptors (Lipinski definition) is 5. The zero-order valence-corrected chi connectivity index (χ0v) is 12.5. The monoisotopic (exact) mass is 318 g/mol. The van der Waals surface area contributed by atoms with Crippen molar-refractivity contribution in [3.63, 3.8) is 0 Å². The Morgan fingerprint density at radius 3 is 2.80 bits per heavy atom. The lowest BCUT2D eigenvalue weighted by molar-refractivity contribution is -0.143. The largest absolute Gasteiger partial charge is 0.465 e. The molecule has 0 aromatic carbocycles.